The Balaban J connectivity index is 1.62. The fraction of sp³-hybridized carbons (Fsp3) is 0.667. The SMILES string of the molecule is CC(CNCC(C)c1ccccc1)CN1CCN(C)CC1. The fourth-order valence-electron chi connectivity index (χ4n) is 2.98. The van der Waals surface area contributed by atoms with Gasteiger partial charge in [0.1, 0.15) is 0 Å². The highest BCUT2D eigenvalue weighted by Crippen LogP contribution is 2.13. The van der Waals surface area contributed by atoms with E-state index < -0.39 is 0 Å². The van der Waals surface area contributed by atoms with E-state index in [0.717, 1.165) is 19.0 Å². The van der Waals surface area contributed by atoms with Crippen molar-refractivity contribution in [2.24, 2.45) is 5.92 Å². The molecule has 1 aliphatic heterocycles. The summed E-state index contributed by atoms with van der Waals surface area (Å²) in [4.78, 5) is 5.02. The van der Waals surface area contributed by atoms with Gasteiger partial charge in [0.25, 0.3) is 0 Å². The summed E-state index contributed by atoms with van der Waals surface area (Å²) in [6.45, 7) is 12.9. The number of nitrogens with one attached hydrogen (secondary N) is 1. The topological polar surface area (TPSA) is 18.5 Å². The summed E-state index contributed by atoms with van der Waals surface area (Å²) < 4.78 is 0. The van der Waals surface area contributed by atoms with E-state index in [2.05, 4.69) is 66.3 Å². The van der Waals surface area contributed by atoms with Crippen LogP contribution in [0.2, 0.25) is 0 Å². The van der Waals surface area contributed by atoms with Crippen molar-refractivity contribution in [1.29, 1.82) is 0 Å². The molecule has 2 unspecified atom stereocenters. The maximum atomic E-state index is 3.64. The molecule has 0 radical (unpaired) electrons. The molecule has 3 heteroatoms. The molecule has 0 spiro atoms. The molecule has 21 heavy (non-hydrogen) atoms. The van der Waals surface area contributed by atoms with Crippen LogP contribution in [0.4, 0.5) is 0 Å². The zero-order chi connectivity index (χ0) is 15.1. The van der Waals surface area contributed by atoms with Gasteiger partial charge in [-0.2, -0.15) is 0 Å². The molecule has 0 saturated carbocycles. The average molecular weight is 289 g/mol. The van der Waals surface area contributed by atoms with Gasteiger partial charge in [0.15, 0.2) is 0 Å². The molecule has 0 amide bonds. The van der Waals surface area contributed by atoms with Crippen LogP contribution in [0.3, 0.4) is 0 Å². The summed E-state index contributed by atoms with van der Waals surface area (Å²) in [7, 11) is 2.22. The minimum atomic E-state index is 0.585. The molecule has 1 N–H and O–H groups in total. The van der Waals surface area contributed by atoms with Crippen molar-refractivity contribution in [3.8, 4) is 0 Å². The summed E-state index contributed by atoms with van der Waals surface area (Å²) >= 11 is 0. The van der Waals surface area contributed by atoms with E-state index in [1.807, 2.05) is 0 Å². The van der Waals surface area contributed by atoms with E-state index in [9.17, 15) is 0 Å². The van der Waals surface area contributed by atoms with Crippen LogP contribution >= 0.6 is 0 Å². The molecule has 1 heterocycles. The molecule has 2 rings (SSSR count). The van der Waals surface area contributed by atoms with Crippen molar-refractivity contribution in [3.05, 3.63) is 35.9 Å². The van der Waals surface area contributed by atoms with E-state index in [1.54, 1.807) is 0 Å². The van der Waals surface area contributed by atoms with Gasteiger partial charge in [-0.3, -0.25) is 0 Å². The summed E-state index contributed by atoms with van der Waals surface area (Å²) in [6, 6.07) is 10.8. The third kappa shape index (κ3) is 5.77. The maximum Gasteiger partial charge on any atom is 0.0110 e. The van der Waals surface area contributed by atoms with E-state index in [0.29, 0.717) is 5.92 Å². The first kappa shape index (κ1) is 16.5. The summed E-state index contributed by atoms with van der Waals surface area (Å²) in [5.74, 6) is 1.30. The van der Waals surface area contributed by atoms with Gasteiger partial charge >= 0.3 is 0 Å². The lowest BCUT2D eigenvalue weighted by molar-refractivity contribution is 0.138. The molecular formula is C18H31N3. The zero-order valence-corrected chi connectivity index (χ0v) is 13.9. The summed E-state index contributed by atoms with van der Waals surface area (Å²) in [5, 5.41) is 3.64. The first-order valence-corrected chi connectivity index (χ1v) is 8.31. The van der Waals surface area contributed by atoms with Crippen molar-refractivity contribution in [2.75, 3.05) is 52.9 Å². The Morgan fingerprint density at radius 1 is 1.00 bits per heavy atom. The van der Waals surface area contributed by atoms with Gasteiger partial charge in [-0.15, -0.1) is 0 Å². The second-order valence-electron chi connectivity index (χ2n) is 6.68. The van der Waals surface area contributed by atoms with Crippen LogP contribution in [-0.4, -0.2) is 62.7 Å². The number of likely N-dealkylation sites (N-methyl/N-ethyl adjacent to an activating group) is 1. The maximum absolute atomic E-state index is 3.64. The Morgan fingerprint density at radius 2 is 1.67 bits per heavy atom. The van der Waals surface area contributed by atoms with Gasteiger partial charge < -0.3 is 15.1 Å². The second-order valence-corrected chi connectivity index (χ2v) is 6.68. The normalized spacial score (nSPS) is 20.3. The van der Waals surface area contributed by atoms with Crippen LogP contribution in [-0.2, 0) is 0 Å². The third-order valence-electron chi connectivity index (χ3n) is 4.48. The number of piperazine rings is 1. The van der Waals surface area contributed by atoms with Crippen molar-refractivity contribution in [2.45, 2.75) is 19.8 Å². The molecule has 1 fully saturated rings. The monoisotopic (exact) mass is 289 g/mol. The largest absolute Gasteiger partial charge is 0.316 e. The molecule has 118 valence electrons. The van der Waals surface area contributed by atoms with Gasteiger partial charge in [0.2, 0.25) is 0 Å². The van der Waals surface area contributed by atoms with E-state index in [1.165, 1.54) is 38.3 Å². The van der Waals surface area contributed by atoms with Gasteiger partial charge in [0.05, 0.1) is 0 Å². The Kier molecular flexibility index (Phi) is 6.68. The highest BCUT2D eigenvalue weighted by Gasteiger charge is 2.16. The zero-order valence-electron chi connectivity index (χ0n) is 13.9. The molecule has 0 aromatic heterocycles. The quantitative estimate of drug-likeness (QED) is 0.831. The van der Waals surface area contributed by atoms with Crippen molar-refractivity contribution >= 4 is 0 Å². The summed E-state index contributed by atoms with van der Waals surface area (Å²) in [5.41, 5.74) is 1.43. The van der Waals surface area contributed by atoms with Gasteiger partial charge in [-0.1, -0.05) is 44.2 Å². The number of rotatable bonds is 7. The van der Waals surface area contributed by atoms with Gasteiger partial charge in [-0.25, -0.2) is 0 Å². The number of hydrogen-bond donors (Lipinski definition) is 1. The van der Waals surface area contributed by atoms with Gasteiger partial charge in [-0.05, 0) is 31.0 Å². The van der Waals surface area contributed by atoms with Crippen molar-refractivity contribution in [3.63, 3.8) is 0 Å². The molecule has 2 atom stereocenters. The molecule has 1 aromatic rings. The number of hydrogen-bond acceptors (Lipinski definition) is 3. The molecule has 0 bridgehead atoms. The van der Waals surface area contributed by atoms with Crippen molar-refractivity contribution in [1.82, 2.24) is 15.1 Å². The predicted molar refractivity (Wildman–Crippen MR) is 90.8 cm³/mol. The van der Waals surface area contributed by atoms with E-state index in [-0.39, 0.29) is 0 Å². The van der Waals surface area contributed by atoms with Crippen LogP contribution in [0.25, 0.3) is 0 Å². The molecule has 1 aliphatic rings. The second kappa shape index (κ2) is 8.52. The Morgan fingerprint density at radius 3 is 2.33 bits per heavy atom. The van der Waals surface area contributed by atoms with Crippen LogP contribution in [0.1, 0.15) is 25.3 Å². The van der Waals surface area contributed by atoms with Crippen LogP contribution < -0.4 is 5.32 Å². The minimum absolute atomic E-state index is 0.585. The van der Waals surface area contributed by atoms with Gasteiger partial charge in [0, 0.05) is 39.3 Å². The standard InChI is InChI=1S/C18H31N3/c1-16(15-21-11-9-20(3)10-12-21)13-19-14-17(2)18-7-5-4-6-8-18/h4-8,16-17,19H,9-15H2,1-3H3. The van der Waals surface area contributed by atoms with E-state index >= 15 is 0 Å². The predicted octanol–water partition coefficient (Wildman–Crippen LogP) is 2.26. The lowest BCUT2D eigenvalue weighted by Gasteiger charge is -2.34. The smallest absolute Gasteiger partial charge is 0.0110 e. The van der Waals surface area contributed by atoms with Crippen molar-refractivity contribution < 1.29 is 0 Å². The fourth-order valence-corrected chi connectivity index (χ4v) is 2.98. The summed E-state index contributed by atoms with van der Waals surface area (Å²) in [6.07, 6.45) is 0. The Labute approximate surface area is 130 Å². The molecule has 3 nitrogen and oxygen atoms in total. The molecule has 1 saturated heterocycles. The van der Waals surface area contributed by atoms with E-state index in [4.69, 9.17) is 0 Å². The van der Waals surface area contributed by atoms with Crippen LogP contribution in [0.15, 0.2) is 30.3 Å². The number of benzene rings is 1. The molecule has 1 aromatic carbocycles. The lowest BCUT2D eigenvalue weighted by atomic mass is 10.0. The van der Waals surface area contributed by atoms with Crippen LogP contribution in [0.5, 0.6) is 0 Å². The third-order valence-corrected chi connectivity index (χ3v) is 4.48. The minimum Gasteiger partial charge on any atom is -0.316 e. The number of nitrogens with zero attached hydrogens (tertiary/aromatic N) is 2. The Hall–Kier alpha value is -0.900. The average Bonchev–Trinajstić information content (AvgIpc) is 2.50. The lowest BCUT2D eigenvalue weighted by Crippen LogP contribution is -2.46. The molecule has 0 aliphatic carbocycles. The first-order valence-electron chi connectivity index (χ1n) is 8.31. The highest BCUT2D eigenvalue weighted by atomic mass is 15.2. The first-order chi connectivity index (χ1) is 10.1. The highest BCUT2D eigenvalue weighted by molar-refractivity contribution is 5.18. The van der Waals surface area contributed by atoms with Crippen LogP contribution in [0, 0.1) is 5.92 Å². The molecular weight excluding hydrogens is 258 g/mol. The Bertz CT molecular complexity index is 385.